The highest BCUT2D eigenvalue weighted by molar-refractivity contribution is 5.94. The van der Waals surface area contributed by atoms with Crippen molar-refractivity contribution in [1.29, 1.82) is 0 Å². The number of nitrogens with zero attached hydrogens (tertiary/aromatic N) is 1. The molecule has 110 valence electrons. The maximum atomic E-state index is 11.2. The standard InChI is InChI=1S/C15H23N3O2/c1-2-3-10-4-6-12(7-5-10)18-14-13(15(19)20)8-11(16)9-17-14/h8-10,12H,2-7,16H2,1H3,(H,17,18)(H,19,20). The summed E-state index contributed by atoms with van der Waals surface area (Å²) in [5, 5.41) is 12.5. The van der Waals surface area contributed by atoms with Crippen LogP contribution in [0.4, 0.5) is 11.5 Å². The van der Waals surface area contributed by atoms with E-state index in [1.54, 1.807) is 0 Å². The third kappa shape index (κ3) is 3.62. The van der Waals surface area contributed by atoms with Gasteiger partial charge < -0.3 is 16.2 Å². The van der Waals surface area contributed by atoms with Gasteiger partial charge in [0.05, 0.1) is 11.9 Å². The molecule has 5 nitrogen and oxygen atoms in total. The summed E-state index contributed by atoms with van der Waals surface area (Å²) in [7, 11) is 0. The molecule has 0 radical (unpaired) electrons. The lowest BCUT2D eigenvalue weighted by molar-refractivity contribution is 0.0697. The monoisotopic (exact) mass is 277 g/mol. The Morgan fingerprint density at radius 2 is 2.15 bits per heavy atom. The Labute approximate surface area is 119 Å². The van der Waals surface area contributed by atoms with E-state index in [9.17, 15) is 9.90 Å². The van der Waals surface area contributed by atoms with Crippen molar-refractivity contribution in [2.75, 3.05) is 11.1 Å². The molecule has 1 aliphatic rings. The summed E-state index contributed by atoms with van der Waals surface area (Å²) in [4.78, 5) is 15.3. The lowest BCUT2D eigenvalue weighted by atomic mass is 9.83. The van der Waals surface area contributed by atoms with Gasteiger partial charge in [-0.2, -0.15) is 0 Å². The molecule has 1 aromatic rings. The fourth-order valence-electron chi connectivity index (χ4n) is 2.96. The van der Waals surface area contributed by atoms with Crippen LogP contribution in [0, 0.1) is 5.92 Å². The Morgan fingerprint density at radius 1 is 1.45 bits per heavy atom. The number of aromatic carboxylic acids is 1. The summed E-state index contributed by atoms with van der Waals surface area (Å²) in [5.41, 5.74) is 6.12. The van der Waals surface area contributed by atoms with Gasteiger partial charge in [0.2, 0.25) is 0 Å². The van der Waals surface area contributed by atoms with E-state index in [1.165, 1.54) is 37.9 Å². The second-order valence-corrected chi connectivity index (χ2v) is 5.62. The Bertz CT molecular complexity index is 468. The third-order valence-electron chi connectivity index (χ3n) is 4.02. The second-order valence-electron chi connectivity index (χ2n) is 5.62. The van der Waals surface area contributed by atoms with Gasteiger partial charge in [-0.15, -0.1) is 0 Å². The van der Waals surface area contributed by atoms with Crippen LogP contribution >= 0.6 is 0 Å². The number of carbonyl (C=O) groups is 1. The minimum atomic E-state index is -0.994. The summed E-state index contributed by atoms with van der Waals surface area (Å²) >= 11 is 0. The number of nitrogens with two attached hydrogens (primary N) is 1. The average Bonchev–Trinajstić information content (AvgIpc) is 2.43. The zero-order chi connectivity index (χ0) is 14.5. The highest BCUT2D eigenvalue weighted by Crippen LogP contribution is 2.30. The van der Waals surface area contributed by atoms with Gasteiger partial charge in [-0.05, 0) is 37.7 Å². The van der Waals surface area contributed by atoms with E-state index in [1.807, 2.05) is 0 Å². The highest BCUT2D eigenvalue weighted by atomic mass is 16.4. The zero-order valence-corrected chi connectivity index (χ0v) is 11.9. The van der Waals surface area contributed by atoms with Crippen molar-refractivity contribution in [3.05, 3.63) is 17.8 Å². The second kappa shape index (κ2) is 6.59. The number of pyridine rings is 1. The van der Waals surface area contributed by atoms with Crippen LogP contribution < -0.4 is 11.1 Å². The Morgan fingerprint density at radius 3 is 2.75 bits per heavy atom. The van der Waals surface area contributed by atoms with Crippen LogP contribution in [0.25, 0.3) is 0 Å². The van der Waals surface area contributed by atoms with E-state index < -0.39 is 5.97 Å². The number of carboxylic acid groups (broad SMARTS) is 1. The van der Waals surface area contributed by atoms with Gasteiger partial charge >= 0.3 is 5.97 Å². The molecule has 0 bridgehead atoms. The van der Waals surface area contributed by atoms with Crippen LogP contribution in [-0.2, 0) is 0 Å². The van der Waals surface area contributed by atoms with Crippen LogP contribution in [0.5, 0.6) is 0 Å². The molecule has 1 saturated carbocycles. The molecule has 0 unspecified atom stereocenters. The summed E-state index contributed by atoms with van der Waals surface area (Å²) in [5.74, 6) is 0.272. The molecule has 1 aliphatic carbocycles. The molecular formula is C15H23N3O2. The van der Waals surface area contributed by atoms with E-state index in [-0.39, 0.29) is 5.56 Å². The van der Waals surface area contributed by atoms with Crippen LogP contribution in [-0.4, -0.2) is 22.1 Å². The summed E-state index contributed by atoms with van der Waals surface area (Å²) in [6.45, 7) is 2.22. The minimum Gasteiger partial charge on any atom is -0.478 e. The molecule has 0 atom stereocenters. The van der Waals surface area contributed by atoms with Crippen molar-refractivity contribution in [2.24, 2.45) is 5.92 Å². The Hall–Kier alpha value is -1.78. The van der Waals surface area contributed by atoms with Crippen LogP contribution in [0.3, 0.4) is 0 Å². The number of carboxylic acids is 1. The molecule has 0 aromatic carbocycles. The van der Waals surface area contributed by atoms with Crippen LogP contribution in [0.2, 0.25) is 0 Å². The quantitative estimate of drug-likeness (QED) is 0.769. The van der Waals surface area contributed by atoms with Crippen molar-refractivity contribution in [1.82, 2.24) is 4.98 Å². The number of nitrogen functional groups attached to an aromatic ring is 1. The number of aromatic nitrogens is 1. The molecule has 1 aromatic heterocycles. The molecule has 0 spiro atoms. The topological polar surface area (TPSA) is 88.2 Å². The smallest absolute Gasteiger partial charge is 0.339 e. The first kappa shape index (κ1) is 14.6. The fourth-order valence-corrected chi connectivity index (χ4v) is 2.96. The zero-order valence-electron chi connectivity index (χ0n) is 11.9. The molecule has 4 N–H and O–H groups in total. The number of rotatable bonds is 5. The van der Waals surface area contributed by atoms with Gasteiger partial charge in [0.15, 0.2) is 0 Å². The van der Waals surface area contributed by atoms with Crippen LogP contribution in [0.15, 0.2) is 12.3 Å². The summed E-state index contributed by atoms with van der Waals surface area (Å²) in [6.07, 6.45) is 8.62. The first-order chi connectivity index (χ1) is 9.60. The van der Waals surface area contributed by atoms with E-state index in [0.29, 0.717) is 17.5 Å². The number of nitrogens with one attached hydrogen (secondary N) is 1. The molecule has 1 heterocycles. The van der Waals surface area contributed by atoms with E-state index in [4.69, 9.17) is 5.73 Å². The Kier molecular flexibility index (Phi) is 4.82. The van der Waals surface area contributed by atoms with Gasteiger partial charge in [0.25, 0.3) is 0 Å². The van der Waals surface area contributed by atoms with E-state index >= 15 is 0 Å². The van der Waals surface area contributed by atoms with Gasteiger partial charge in [0.1, 0.15) is 11.4 Å². The van der Waals surface area contributed by atoms with Gasteiger partial charge in [-0.3, -0.25) is 0 Å². The molecule has 5 heteroatoms. The molecule has 0 amide bonds. The fraction of sp³-hybridized carbons (Fsp3) is 0.600. The first-order valence-corrected chi connectivity index (χ1v) is 7.35. The lowest BCUT2D eigenvalue weighted by Crippen LogP contribution is -2.27. The minimum absolute atomic E-state index is 0.153. The number of anilines is 2. The van der Waals surface area contributed by atoms with E-state index in [0.717, 1.165) is 18.8 Å². The largest absolute Gasteiger partial charge is 0.478 e. The summed E-state index contributed by atoms with van der Waals surface area (Å²) < 4.78 is 0. The number of hydrogen-bond acceptors (Lipinski definition) is 4. The maximum absolute atomic E-state index is 11.2. The summed E-state index contributed by atoms with van der Waals surface area (Å²) in [6, 6.07) is 1.78. The normalized spacial score (nSPS) is 22.4. The predicted octanol–water partition coefficient (Wildman–Crippen LogP) is 3.13. The van der Waals surface area contributed by atoms with Crippen molar-refractivity contribution >= 4 is 17.5 Å². The molecule has 20 heavy (non-hydrogen) atoms. The molecule has 2 rings (SSSR count). The average molecular weight is 277 g/mol. The van der Waals surface area contributed by atoms with Gasteiger partial charge in [-0.25, -0.2) is 9.78 Å². The predicted molar refractivity (Wildman–Crippen MR) is 79.9 cm³/mol. The third-order valence-corrected chi connectivity index (χ3v) is 4.02. The molecule has 1 fully saturated rings. The van der Waals surface area contributed by atoms with Crippen molar-refractivity contribution in [2.45, 2.75) is 51.5 Å². The molecule has 0 aliphatic heterocycles. The van der Waals surface area contributed by atoms with E-state index in [2.05, 4.69) is 17.2 Å². The lowest BCUT2D eigenvalue weighted by Gasteiger charge is -2.29. The van der Waals surface area contributed by atoms with Crippen LogP contribution in [0.1, 0.15) is 55.8 Å². The number of hydrogen-bond donors (Lipinski definition) is 3. The molecular weight excluding hydrogens is 254 g/mol. The van der Waals surface area contributed by atoms with Gasteiger partial charge in [-0.1, -0.05) is 19.8 Å². The Balaban J connectivity index is 1.99. The van der Waals surface area contributed by atoms with Crippen molar-refractivity contribution < 1.29 is 9.90 Å². The SMILES string of the molecule is CCCC1CCC(Nc2ncc(N)cc2C(=O)O)CC1. The maximum Gasteiger partial charge on any atom is 0.339 e. The highest BCUT2D eigenvalue weighted by Gasteiger charge is 2.22. The van der Waals surface area contributed by atoms with Gasteiger partial charge in [0, 0.05) is 6.04 Å². The first-order valence-electron chi connectivity index (χ1n) is 7.35. The van der Waals surface area contributed by atoms with Crippen molar-refractivity contribution in [3.8, 4) is 0 Å². The van der Waals surface area contributed by atoms with Crippen molar-refractivity contribution in [3.63, 3.8) is 0 Å². The molecule has 0 saturated heterocycles.